The van der Waals surface area contributed by atoms with Gasteiger partial charge in [0.15, 0.2) is 5.82 Å². The SMILES string of the molecule is CN1CCN(c2cc(N3CCN(c4ncccn4)CC3)nnc2-c2ccccc2)CC1. The summed E-state index contributed by atoms with van der Waals surface area (Å²) in [7, 11) is 2.18. The van der Waals surface area contributed by atoms with E-state index >= 15 is 0 Å². The molecular weight excluding hydrogens is 388 g/mol. The molecule has 4 heterocycles. The van der Waals surface area contributed by atoms with Gasteiger partial charge in [0.05, 0.1) is 5.69 Å². The van der Waals surface area contributed by atoms with Gasteiger partial charge in [-0.25, -0.2) is 9.97 Å². The smallest absolute Gasteiger partial charge is 0.225 e. The Kier molecular flexibility index (Phi) is 5.62. The molecule has 8 heteroatoms. The summed E-state index contributed by atoms with van der Waals surface area (Å²) >= 11 is 0. The van der Waals surface area contributed by atoms with Gasteiger partial charge in [0.25, 0.3) is 0 Å². The Morgan fingerprint density at radius 3 is 2.03 bits per heavy atom. The van der Waals surface area contributed by atoms with Crippen LogP contribution in [0.25, 0.3) is 11.3 Å². The number of rotatable bonds is 4. The summed E-state index contributed by atoms with van der Waals surface area (Å²) in [4.78, 5) is 18.1. The molecule has 31 heavy (non-hydrogen) atoms. The van der Waals surface area contributed by atoms with E-state index in [-0.39, 0.29) is 0 Å². The highest BCUT2D eigenvalue weighted by molar-refractivity contribution is 5.77. The molecule has 1 aromatic carbocycles. The molecule has 0 radical (unpaired) electrons. The van der Waals surface area contributed by atoms with Crippen molar-refractivity contribution in [1.82, 2.24) is 25.1 Å². The second-order valence-electron chi connectivity index (χ2n) is 8.12. The summed E-state index contributed by atoms with van der Waals surface area (Å²) in [5, 5.41) is 9.35. The zero-order valence-electron chi connectivity index (χ0n) is 17.9. The van der Waals surface area contributed by atoms with Crippen LogP contribution < -0.4 is 14.7 Å². The second kappa shape index (κ2) is 8.85. The molecule has 0 N–H and O–H groups in total. The van der Waals surface area contributed by atoms with Gasteiger partial charge in [-0.2, -0.15) is 0 Å². The molecule has 2 fully saturated rings. The number of hydrogen-bond donors (Lipinski definition) is 0. The van der Waals surface area contributed by atoms with Gasteiger partial charge in [0.2, 0.25) is 5.95 Å². The van der Waals surface area contributed by atoms with Gasteiger partial charge in [0.1, 0.15) is 5.69 Å². The Morgan fingerprint density at radius 2 is 1.32 bits per heavy atom. The Balaban J connectivity index is 1.39. The van der Waals surface area contributed by atoms with Gasteiger partial charge in [0, 0.05) is 76.4 Å². The molecule has 0 saturated carbocycles. The van der Waals surface area contributed by atoms with Gasteiger partial charge in [-0.15, -0.1) is 10.2 Å². The van der Waals surface area contributed by atoms with E-state index in [2.05, 4.69) is 72.0 Å². The molecule has 0 spiro atoms. The Bertz CT molecular complexity index is 981. The van der Waals surface area contributed by atoms with E-state index in [9.17, 15) is 0 Å². The lowest BCUT2D eigenvalue weighted by Crippen LogP contribution is -2.47. The lowest BCUT2D eigenvalue weighted by Gasteiger charge is -2.37. The maximum absolute atomic E-state index is 4.71. The van der Waals surface area contributed by atoms with Crippen molar-refractivity contribution in [2.75, 3.05) is 74.1 Å². The zero-order valence-corrected chi connectivity index (χ0v) is 17.9. The third-order valence-corrected chi connectivity index (χ3v) is 6.09. The Morgan fingerprint density at radius 1 is 0.677 bits per heavy atom. The van der Waals surface area contributed by atoms with Crippen LogP contribution in [0.15, 0.2) is 54.9 Å². The highest BCUT2D eigenvalue weighted by Crippen LogP contribution is 2.32. The summed E-state index contributed by atoms with van der Waals surface area (Å²) in [5.41, 5.74) is 3.25. The second-order valence-corrected chi connectivity index (χ2v) is 8.12. The molecule has 5 rings (SSSR count). The highest BCUT2D eigenvalue weighted by Gasteiger charge is 2.24. The molecule has 8 nitrogen and oxygen atoms in total. The van der Waals surface area contributed by atoms with Crippen LogP contribution in [-0.4, -0.2) is 84.5 Å². The molecule has 0 atom stereocenters. The van der Waals surface area contributed by atoms with Gasteiger partial charge < -0.3 is 19.6 Å². The first-order valence-corrected chi connectivity index (χ1v) is 10.9. The average Bonchev–Trinajstić information content (AvgIpc) is 2.85. The van der Waals surface area contributed by atoms with Crippen molar-refractivity contribution < 1.29 is 0 Å². The van der Waals surface area contributed by atoms with Gasteiger partial charge in [-0.3, -0.25) is 0 Å². The summed E-state index contributed by atoms with van der Waals surface area (Å²) in [5.74, 6) is 1.74. The Labute approximate surface area is 183 Å². The average molecular weight is 417 g/mol. The van der Waals surface area contributed by atoms with E-state index in [0.717, 1.165) is 75.4 Å². The topological polar surface area (TPSA) is 64.5 Å². The molecule has 0 unspecified atom stereocenters. The van der Waals surface area contributed by atoms with Gasteiger partial charge in [-0.05, 0) is 13.1 Å². The lowest BCUT2D eigenvalue weighted by molar-refractivity contribution is 0.313. The van der Waals surface area contributed by atoms with Crippen molar-refractivity contribution in [1.29, 1.82) is 0 Å². The summed E-state index contributed by atoms with van der Waals surface area (Å²) in [6.07, 6.45) is 3.59. The van der Waals surface area contributed by atoms with Crippen LogP contribution in [0.3, 0.4) is 0 Å². The van der Waals surface area contributed by atoms with Crippen LogP contribution in [0.4, 0.5) is 17.5 Å². The molecule has 3 aromatic rings. The van der Waals surface area contributed by atoms with Gasteiger partial charge >= 0.3 is 0 Å². The maximum atomic E-state index is 4.71. The number of aromatic nitrogens is 4. The number of likely N-dealkylation sites (N-methyl/N-ethyl adjacent to an activating group) is 1. The molecule has 2 aliphatic heterocycles. The van der Waals surface area contributed by atoms with Gasteiger partial charge in [-0.1, -0.05) is 30.3 Å². The minimum atomic E-state index is 0.797. The lowest BCUT2D eigenvalue weighted by atomic mass is 10.1. The third-order valence-electron chi connectivity index (χ3n) is 6.09. The first-order chi connectivity index (χ1) is 15.3. The fourth-order valence-corrected chi connectivity index (χ4v) is 4.21. The molecule has 0 aliphatic carbocycles. The monoisotopic (exact) mass is 416 g/mol. The minimum absolute atomic E-state index is 0.797. The van der Waals surface area contributed by atoms with Crippen LogP contribution >= 0.6 is 0 Å². The fourth-order valence-electron chi connectivity index (χ4n) is 4.21. The van der Waals surface area contributed by atoms with E-state index in [1.807, 2.05) is 12.1 Å². The fraction of sp³-hybridized carbons (Fsp3) is 0.391. The van der Waals surface area contributed by atoms with Crippen LogP contribution in [0, 0.1) is 0 Å². The summed E-state index contributed by atoms with van der Waals surface area (Å²) in [6, 6.07) is 14.5. The molecule has 160 valence electrons. The predicted molar refractivity (Wildman–Crippen MR) is 124 cm³/mol. The van der Waals surface area contributed by atoms with E-state index in [1.54, 1.807) is 12.4 Å². The minimum Gasteiger partial charge on any atom is -0.367 e. The van der Waals surface area contributed by atoms with Crippen molar-refractivity contribution >= 4 is 17.5 Å². The Hall–Kier alpha value is -3.26. The molecule has 0 amide bonds. The first-order valence-electron chi connectivity index (χ1n) is 10.9. The normalized spacial score (nSPS) is 17.8. The molecule has 0 bridgehead atoms. The predicted octanol–water partition coefficient (Wildman–Crippen LogP) is 2.01. The van der Waals surface area contributed by atoms with Crippen LogP contribution in [0.1, 0.15) is 0 Å². The van der Waals surface area contributed by atoms with Crippen molar-refractivity contribution in [3.63, 3.8) is 0 Å². The molecule has 2 aromatic heterocycles. The van der Waals surface area contributed by atoms with Crippen LogP contribution in [-0.2, 0) is 0 Å². The van der Waals surface area contributed by atoms with E-state index in [0.29, 0.717) is 0 Å². The standard InChI is InChI=1S/C23H28N8/c1-28-10-12-29(13-11-28)20-18-21(26-27-22(20)19-6-3-2-4-7-19)30-14-16-31(17-15-30)23-24-8-5-9-25-23/h2-9,18H,10-17H2,1H3. The number of piperazine rings is 2. The van der Waals surface area contributed by atoms with E-state index in [1.165, 1.54) is 5.69 Å². The number of benzene rings is 1. The van der Waals surface area contributed by atoms with Crippen molar-refractivity contribution in [3.05, 3.63) is 54.9 Å². The first kappa shape index (κ1) is 19.7. The largest absolute Gasteiger partial charge is 0.367 e. The number of anilines is 3. The van der Waals surface area contributed by atoms with E-state index < -0.39 is 0 Å². The van der Waals surface area contributed by atoms with Crippen LogP contribution in [0.5, 0.6) is 0 Å². The maximum Gasteiger partial charge on any atom is 0.225 e. The van der Waals surface area contributed by atoms with Crippen LogP contribution in [0.2, 0.25) is 0 Å². The van der Waals surface area contributed by atoms with Crippen molar-refractivity contribution in [2.24, 2.45) is 0 Å². The number of hydrogen-bond acceptors (Lipinski definition) is 8. The van der Waals surface area contributed by atoms with Crippen molar-refractivity contribution in [3.8, 4) is 11.3 Å². The molecular formula is C23H28N8. The summed E-state index contributed by atoms with van der Waals surface area (Å²) in [6.45, 7) is 7.61. The summed E-state index contributed by atoms with van der Waals surface area (Å²) < 4.78 is 0. The molecule has 2 aliphatic rings. The quantitative estimate of drug-likeness (QED) is 0.640. The number of nitrogens with zero attached hydrogens (tertiary/aromatic N) is 8. The molecule has 2 saturated heterocycles. The van der Waals surface area contributed by atoms with E-state index in [4.69, 9.17) is 5.10 Å². The highest BCUT2D eigenvalue weighted by atomic mass is 15.4. The zero-order chi connectivity index (χ0) is 21.0. The van der Waals surface area contributed by atoms with Crippen molar-refractivity contribution in [2.45, 2.75) is 0 Å². The third kappa shape index (κ3) is 4.29.